The Kier molecular flexibility index (Phi) is 3.77. The zero-order valence-corrected chi connectivity index (χ0v) is 10.1. The molecule has 0 aliphatic carbocycles. The van der Waals surface area contributed by atoms with E-state index in [1.807, 2.05) is 9.80 Å². The molecule has 1 aliphatic heterocycles. The van der Waals surface area contributed by atoms with Gasteiger partial charge in [0.15, 0.2) is 0 Å². The largest absolute Gasteiger partial charge is 0.325 e. The maximum atomic E-state index is 12.2. The molecule has 0 aromatic heterocycles. The second-order valence-electron chi connectivity index (χ2n) is 5.05. The Balaban J connectivity index is 2.70. The summed E-state index contributed by atoms with van der Waals surface area (Å²) in [5, 5.41) is 0. The summed E-state index contributed by atoms with van der Waals surface area (Å²) in [5.41, 5.74) is -0.131. The molecule has 1 rings (SSSR count). The topological polar surface area (TPSA) is 23.6 Å². The number of hydrogen-bond donors (Lipinski definition) is 0. The van der Waals surface area contributed by atoms with E-state index in [0.29, 0.717) is 6.54 Å². The van der Waals surface area contributed by atoms with Crippen molar-refractivity contribution in [1.82, 2.24) is 9.80 Å². The molecule has 0 radical (unpaired) electrons. The Bertz CT molecular complexity index is 236. The van der Waals surface area contributed by atoms with Gasteiger partial charge in [-0.3, -0.25) is 0 Å². The lowest BCUT2D eigenvalue weighted by molar-refractivity contribution is 0.124. The van der Waals surface area contributed by atoms with Gasteiger partial charge in [-0.2, -0.15) is 0 Å². The van der Waals surface area contributed by atoms with Crippen molar-refractivity contribution in [1.29, 1.82) is 0 Å². The monoisotopic (exact) mass is 210 g/mol. The highest BCUT2D eigenvalue weighted by Gasteiger charge is 2.30. The molecular formula is C12H22N2O. The minimum absolute atomic E-state index is 0.131. The summed E-state index contributed by atoms with van der Waals surface area (Å²) >= 11 is 0. The normalized spacial score (nSPS) is 16.6. The van der Waals surface area contributed by atoms with Gasteiger partial charge in [-0.1, -0.05) is 6.08 Å². The Morgan fingerprint density at radius 1 is 1.40 bits per heavy atom. The number of carbonyl (C=O) groups is 1. The van der Waals surface area contributed by atoms with E-state index in [2.05, 4.69) is 27.4 Å². The number of hydrogen-bond acceptors (Lipinski definition) is 1. The Labute approximate surface area is 92.7 Å². The van der Waals surface area contributed by atoms with Crippen molar-refractivity contribution < 1.29 is 4.79 Å². The summed E-state index contributed by atoms with van der Waals surface area (Å²) in [5.74, 6) is 0. The summed E-state index contributed by atoms with van der Waals surface area (Å²) in [6.45, 7) is 12.3. The molecule has 0 aromatic rings. The van der Waals surface area contributed by atoms with Crippen LogP contribution in [0.5, 0.6) is 0 Å². The molecule has 0 N–H and O–H groups in total. The van der Waals surface area contributed by atoms with E-state index in [-0.39, 0.29) is 11.6 Å². The van der Waals surface area contributed by atoms with Crippen LogP contribution >= 0.6 is 0 Å². The molecule has 0 unspecified atom stereocenters. The zero-order valence-electron chi connectivity index (χ0n) is 10.1. The predicted molar refractivity (Wildman–Crippen MR) is 62.9 cm³/mol. The van der Waals surface area contributed by atoms with Crippen molar-refractivity contribution in [2.45, 2.75) is 39.2 Å². The van der Waals surface area contributed by atoms with Gasteiger partial charge in [0.05, 0.1) is 0 Å². The third-order valence-electron chi connectivity index (χ3n) is 2.73. The highest BCUT2D eigenvalue weighted by Crippen LogP contribution is 2.18. The van der Waals surface area contributed by atoms with E-state index in [4.69, 9.17) is 0 Å². The van der Waals surface area contributed by atoms with Crippen LogP contribution in [-0.4, -0.2) is 41.0 Å². The first-order valence-corrected chi connectivity index (χ1v) is 5.64. The van der Waals surface area contributed by atoms with Gasteiger partial charge in [-0.25, -0.2) is 4.79 Å². The van der Waals surface area contributed by atoms with Crippen LogP contribution in [-0.2, 0) is 0 Å². The van der Waals surface area contributed by atoms with E-state index in [1.54, 1.807) is 6.08 Å². The zero-order chi connectivity index (χ0) is 11.5. The summed E-state index contributed by atoms with van der Waals surface area (Å²) in [7, 11) is 0. The van der Waals surface area contributed by atoms with Gasteiger partial charge in [0.25, 0.3) is 0 Å². The van der Waals surface area contributed by atoms with Crippen molar-refractivity contribution in [3.63, 3.8) is 0 Å². The molecule has 0 saturated carbocycles. The molecule has 0 aromatic carbocycles. The van der Waals surface area contributed by atoms with E-state index >= 15 is 0 Å². The Morgan fingerprint density at radius 2 is 1.93 bits per heavy atom. The Morgan fingerprint density at radius 3 is 2.33 bits per heavy atom. The first kappa shape index (κ1) is 12.1. The smallest absolute Gasteiger partial charge is 0.320 e. The molecule has 1 heterocycles. The minimum atomic E-state index is -0.131. The first-order valence-electron chi connectivity index (χ1n) is 5.64. The highest BCUT2D eigenvalue weighted by atomic mass is 16.2. The molecule has 1 saturated heterocycles. The third-order valence-corrected chi connectivity index (χ3v) is 2.73. The molecule has 15 heavy (non-hydrogen) atoms. The predicted octanol–water partition coefficient (Wildman–Crippen LogP) is 2.49. The molecule has 3 nitrogen and oxygen atoms in total. The molecule has 86 valence electrons. The highest BCUT2D eigenvalue weighted by molar-refractivity contribution is 5.75. The second kappa shape index (κ2) is 4.69. The van der Waals surface area contributed by atoms with Crippen LogP contribution in [0, 0.1) is 0 Å². The van der Waals surface area contributed by atoms with Crippen molar-refractivity contribution in [3.05, 3.63) is 12.7 Å². The van der Waals surface area contributed by atoms with Crippen LogP contribution in [0.4, 0.5) is 4.79 Å². The fourth-order valence-electron chi connectivity index (χ4n) is 1.85. The van der Waals surface area contributed by atoms with E-state index in [9.17, 15) is 4.79 Å². The van der Waals surface area contributed by atoms with Crippen LogP contribution in [0.1, 0.15) is 33.6 Å². The third kappa shape index (κ3) is 2.98. The minimum Gasteiger partial charge on any atom is -0.325 e. The van der Waals surface area contributed by atoms with Gasteiger partial charge in [-0.15, -0.1) is 6.58 Å². The van der Waals surface area contributed by atoms with E-state index in [0.717, 1.165) is 25.9 Å². The van der Waals surface area contributed by atoms with Gasteiger partial charge in [0, 0.05) is 25.2 Å². The van der Waals surface area contributed by atoms with E-state index in [1.165, 1.54) is 0 Å². The van der Waals surface area contributed by atoms with Gasteiger partial charge in [0.2, 0.25) is 0 Å². The van der Waals surface area contributed by atoms with Crippen molar-refractivity contribution in [3.8, 4) is 0 Å². The average Bonchev–Trinajstić information content (AvgIpc) is 2.63. The fraction of sp³-hybridized carbons (Fsp3) is 0.750. The number of urea groups is 1. The maximum Gasteiger partial charge on any atom is 0.320 e. The number of likely N-dealkylation sites (tertiary alicyclic amines) is 1. The van der Waals surface area contributed by atoms with Crippen molar-refractivity contribution in [2.75, 3.05) is 19.6 Å². The summed E-state index contributed by atoms with van der Waals surface area (Å²) in [6, 6.07) is 0.153. The molecule has 1 aliphatic rings. The number of carbonyl (C=O) groups excluding carboxylic acids is 1. The number of amides is 2. The van der Waals surface area contributed by atoms with Crippen LogP contribution in [0.3, 0.4) is 0 Å². The average molecular weight is 210 g/mol. The Hall–Kier alpha value is -0.990. The lowest BCUT2D eigenvalue weighted by Gasteiger charge is -2.37. The van der Waals surface area contributed by atoms with Crippen LogP contribution in [0.2, 0.25) is 0 Å². The van der Waals surface area contributed by atoms with Gasteiger partial charge >= 0.3 is 6.03 Å². The van der Waals surface area contributed by atoms with Crippen molar-refractivity contribution in [2.24, 2.45) is 0 Å². The van der Waals surface area contributed by atoms with Crippen molar-refractivity contribution >= 4 is 6.03 Å². The molecule has 0 bridgehead atoms. The summed E-state index contributed by atoms with van der Waals surface area (Å²) in [6.07, 6.45) is 4.06. The standard InChI is InChI=1S/C12H22N2O/c1-5-8-14(12(2,3)4)11(15)13-9-6-7-10-13/h5H,1,6-10H2,2-4H3. The second-order valence-corrected chi connectivity index (χ2v) is 5.05. The molecule has 2 amide bonds. The van der Waals surface area contributed by atoms with Gasteiger partial charge in [-0.05, 0) is 33.6 Å². The molecular weight excluding hydrogens is 188 g/mol. The maximum absolute atomic E-state index is 12.2. The SMILES string of the molecule is C=CCN(C(=O)N1CCCC1)C(C)(C)C. The summed E-state index contributed by atoms with van der Waals surface area (Å²) < 4.78 is 0. The van der Waals surface area contributed by atoms with Crippen LogP contribution in [0.25, 0.3) is 0 Å². The van der Waals surface area contributed by atoms with Crippen LogP contribution < -0.4 is 0 Å². The van der Waals surface area contributed by atoms with Crippen LogP contribution in [0.15, 0.2) is 12.7 Å². The number of rotatable bonds is 2. The molecule has 3 heteroatoms. The molecule has 1 fully saturated rings. The molecule has 0 spiro atoms. The first-order chi connectivity index (χ1) is 6.96. The quantitative estimate of drug-likeness (QED) is 0.642. The fourth-order valence-corrected chi connectivity index (χ4v) is 1.85. The number of nitrogens with zero attached hydrogens (tertiary/aromatic N) is 2. The van der Waals surface area contributed by atoms with E-state index < -0.39 is 0 Å². The lowest BCUT2D eigenvalue weighted by Crippen LogP contribution is -2.51. The van der Waals surface area contributed by atoms with Gasteiger partial charge in [0.1, 0.15) is 0 Å². The summed E-state index contributed by atoms with van der Waals surface area (Å²) in [4.78, 5) is 16.0. The molecule has 0 atom stereocenters. The lowest BCUT2D eigenvalue weighted by atomic mass is 10.1. The van der Waals surface area contributed by atoms with Gasteiger partial charge < -0.3 is 9.80 Å².